The van der Waals surface area contributed by atoms with Crippen molar-refractivity contribution < 1.29 is 8.78 Å². The first kappa shape index (κ1) is 23.0. The Balaban J connectivity index is 0.000000142. The molecule has 6 rings (SSSR count). The second kappa shape index (κ2) is 9.12. The lowest BCUT2D eigenvalue weighted by atomic mass is 10.2. The fourth-order valence-electron chi connectivity index (χ4n) is 4.62. The lowest BCUT2D eigenvalue weighted by Crippen LogP contribution is -2.06. The molecule has 2 heterocycles. The smallest absolute Gasteiger partial charge is 0.125 e. The van der Waals surface area contributed by atoms with Gasteiger partial charge in [0.25, 0.3) is 0 Å². The van der Waals surface area contributed by atoms with Crippen LogP contribution in [-0.4, -0.2) is 19.1 Å². The molecule has 0 N–H and O–H groups in total. The summed E-state index contributed by atoms with van der Waals surface area (Å²) >= 11 is 0. The number of benzene rings is 2. The van der Waals surface area contributed by atoms with Gasteiger partial charge in [-0.05, 0) is 67.9 Å². The number of nitrogens with zero attached hydrogens (tertiary/aromatic N) is 4. The normalized spacial score (nSPS) is 16.0. The van der Waals surface area contributed by atoms with E-state index in [0.29, 0.717) is 11.8 Å². The van der Waals surface area contributed by atoms with E-state index in [4.69, 9.17) is 0 Å². The van der Waals surface area contributed by atoms with Gasteiger partial charge in [0.05, 0.1) is 22.1 Å². The number of rotatable bonds is 6. The Morgan fingerprint density at radius 3 is 1.76 bits per heavy atom. The summed E-state index contributed by atoms with van der Waals surface area (Å²) in [5.41, 5.74) is 3.72. The van der Waals surface area contributed by atoms with Crippen LogP contribution in [0.15, 0.2) is 36.4 Å². The SMILES string of the molecule is CC(C)c1nc2cc(F)ccc2n1CC1CC1.CC(C)c1nc2ccc(F)cc2n1CC1CC1. The Labute approximate surface area is 200 Å². The van der Waals surface area contributed by atoms with Gasteiger partial charge in [0.15, 0.2) is 0 Å². The molecule has 2 aliphatic rings. The van der Waals surface area contributed by atoms with E-state index in [1.807, 2.05) is 6.07 Å². The maximum absolute atomic E-state index is 13.3. The zero-order chi connectivity index (χ0) is 24.0. The number of hydrogen-bond donors (Lipinski definition) is 0. The summed E-state index contributed by atoms with van der Waals surface area (Å²) in [5.74, 6) is 4.11. The summed E-state index contributed by atoms with van der Waals surface area (Å²) in [4.78, 5) is 9.21. The molecule has 0 aliphatic heterocycles. The molecule has 0 radical (unpaired) electrons. The molecule has 0 unspecified atom stereocenters. The number of fused-ring (bicyclic) bond motifs is 2. The average Bonchev–Trinajstić information content (AvgIpc) is 3.70. The zero-order valence-electron chi connectivity index (χ0n) is 20.6. The molecule has 0 saturated heterocycles. The molecule has 2 aliphatic carbocycles. The molecule has 4 aromatic rings. The van der Waals surface area contributed by atoms with E-state index in [2.05, 4.69) is 46.8 Å². The Bertz CT molecular complexity index is 1300. The van der Waals surface area contributed by atoms with Crippen LogP contribution in [0.25, 0.3) is 22.1 Å². The summed E-state index contributed by atoms with van der Waals surface area (Å²) in [6.45, 7) is 10.6. The minimum Gasteiger partial charge on any atom is -0.327 e. The standard InChI is InChI=1S/2C14H17FN2/c1-9(2)14-16-12-7-11(15)5-6-13(12)17(14)8-10-3-4-10;1-9(2)14-16-12-6-5-11(15)7-13(12)17(14)8-10-3-4-10/h2*5-7,9-10H,3-4,8H2,1-2H3. The fraction of sp³-hybridized carbons (Fsp3) is 0.500. The molecule has 2 saturated carbocycles. The molecular weight excluding hydrogens is 430 g/mol. The van der Waals surface area contributed by atoms with Crippen LogP contribution in [-0.2, 0) is 13.1 Å². The Kier molecular flexibility index (Phi) is 6.17. The van der Waals surface area contributed by atoms with Crippen molar-refractivity contribution in [2.45, 2.75) is 78.3 Å². The second-order valence-electron chi connectivity index (χ2n) is 10.6. The van der Waals surface area contributed by atoms with Gasteiger partial charge in [-0.3, -0.25) is 0 Å². The maximum atomic E-state index is 13.3. The van der Waals surface area contributed by atoms with Crippen molar-refractivity contribution in [1.29, 1.82) is 0 Å². The predicted octanol–water partition coefficient (Wildman–Crippen LogP) is 7.42. The van der Waals surface area contributed by atoms with E-state index < -0.39 is 0 Å². The largest absolute Gasteiger partial charge is 0.327 e. The van der Waals surface area contributed by atoms with Gasteiger partial charge in [-0.15, -0.1) is 0 Å². The van der Waals surface area contributed by atoms with Gasteiger partial charge in [-0.2, -0.15) is 0 Å². The van der Waals surface area contributed by atoms with Crippen molar-refractivity contribution in [3.63, 3.8) is 0 Å². The number of hydrogen-bond acceptors (Lipinski definition) is 2. The van der Waals surface area contributed by atoms with Gasteiger partial charge in [-0.1, -0.05) is 27.7 Å². The molecule has 0 spiro atoms. The van der Waals surface area contributed by atoms with Crippen molar-refractivity contribution in [3.8, 4) is 0 Å². The summed E-state index contributed by atoms with van der Waals surface area (Å²) < 4.78 is 31.0. The highest BCUT2D eigenvalue weighted by atomic mass is 19.1. The fourth-order valence-corrected chi connectivity index (χ4v) is 4.62. The summed E-state index contributed by atoms with van der Waals surface area (Å²) in [7, 11) is 0. The molecule has 2 aromatic heterocycles. The van der Waals surface area contributed by atoms with Crippen molar-refractivity contribution in [2.75, 3.05) is 0 Å². The van der Waals surface area contributed by atoms with Gasteiger partial charge in [-0.25, -0.2) is 18.7 Å². The Morgan fingerprint density at radius 1 is 0.706 bits per heavy atom. The summed E-state index contributed by atoms with van der Waals surface area (Å²) in [5, 5.41) is 0. The number of aromatic nitrogens is 4. The van der Waals surface area contributed by atoms with E-state index in [9.17, 15) is 8.78 Å². The van der Waals surface area contributed by atoms with Crippen LogP contribution in [0.4, 0.5) is 8.78 Å². The van der Waals surface area contributed by atoms with Crippen LogP contribution >= 0.6 is 0 Å². The first-order chi connectivity index (χ1) is 16.3. The highest BCUT2D eigenvalue weighted by Crippen LogP contribution is 2.34. The van der Waals surface area contributed by atoms with Crippen LogP contribution < -0.4 is 0 Å². The highest BCUT2D eigenvalue weighted by molar-refractivity contribution is 5.77. The molecule has 2 fully saturated rings. The quantitative estimate of drug-likeness (QED) is 0.298. The third kappa shape index (κ3) is 4.86. The van der Waals surface area contributed by atoms with E-state index in [1.54, 1.807) is 12.1 Å². The van der Waals surface area contributed by atoms with Gasteiger partial charge in [0.2, 0.25) is 0 Å². The zero-order valence-corrected chi connectivity index (χ0v) is 20.6. The van der Waals surface area contributed by atoms with E-state index >= 15 is 0 Å². The number of halogens is 2. The molecule has 2 aromatic carbocycles. The van der Waals surface area contributed by atoms with Crippen LogP contribution in [0, 0.1) is 23.5 Å². The Morgan fingerprint density at radius 2 is 1.21 bits per heavy atom. The van der Waals surface area contributed by atoms with Gasteiger partial charge in [0, 0.05) is 31.0 Å². The van der Waals surface area contributed by atoms with Gasteiger partial charge in [0.1, 0.15) is 23.3 Å². The second-order valence-corrected chi connectivity index (χ2v) is 10.6. The molecule has 4 nitrogen and oxygen atoms in total. The molecule has 34 heavy (non-hydrogen) atoms. The predicted molar refractivity (Wildman–Crippen MR) is 133 cm³/mol. The minimum atomic E-state index is -0.205. The molecule has 6 heteroatoms. The molecule has 0 atom stereocenters. The molecule has 0 amide bonds. The van der Waals surface area contributed by atoms with E-state index in [0.717, 1.165) is 58.6 Å². The van der Waals surface area contributed by atoms with Crippen molar-refractivity contribution in [2.24, 2.45) is 11.8 Å². The van der Waals surface area contributed by atoms with E-state index in [-0.39, 0.29) is 11.6 Å². The van der Waals surface area contributed by atoms with Gasteiger partial charge < -0.3 is 9.13 Å². The lowest BCUT2D eigenvalue weighted by Gasteiger charge is -2.10. The van der Waals surface area contributed by atoms with Crippen LogP contribution in [0.1, 0.15) is 76.9 Å². The molecule has 180 valence electrons. The topological polar surface area (TPSA) is 35.6 Å². The first-order valence-corrected chi connectivity index (χ1v) is 12.6. The lowest BCUT2D eigenvalue weighted by molar-refractivity contribution is 0.586. The average molecular weight is 465 g/mol. The van der Waals surface area contributed by atoms with Crippen molar-refractivity contribution >= 4 is 22.1 Å². The number of imidazole rings is 2. The van der Waals surface area contributed by atoms with Crippen LogP contribution in [0.3, 0.4) is 0 Å². The third-order valence-corrected chi connectivity index (χ3v) is 6.79. The minimum absolute atomic E-state index is 0.176. The third-order valence-electron chi connectivity index (χ3n) is 6.79. The first-order valence-electron chi connectivity index (χ1n) is 12.6. The summed E-state index contributed by atoms with van der Waals surface area (Å²) in [6.07, 6.45) is 5.23. The van der Waals surface area contributed by atoms with E-state index in [1.165, 1.54) is 43.9 Å². The Hall–Kier alpha value is -2.76. The monoisotopic (exact) mass is 464 g/mol. The van der Waals surface area contributed by atoms with Gasteiger partial charge >= 0.3 is 0 Å². The van der Waals surface area contributed by atoms with Crippen LogP contribution in [0.5, 0.6) is 0 Å². The van der Waals surface area contributed by atoms with Crippen molar-refractivity contribution in [3.05, 3.63) is 59.7 Å². The molecular formula is C28H34F2N4. The maximum Gasteiger partial charge on any atom is 0.125 e. The molecule has 0 bridgehead atoms. The summed E-state index contributed by atoms with van der Waals surface area (Å²) in [6, 6.07) is 9.78. The van der Waals surface area contributed by atoms with Crippen LogP contribution in [0.2, 0.25) is 0 Å². The van der Waals surface area contributed by atoms with Crippen molar-refractivity contribution in [1.82, 2.24) is 19.1 Å². The highest BCUT2D eigenvalue weighted by Gasteiger charge is 2.26.